The van der Waals surface area contributed by atoms with Crippen LogP contribution < -0.4 is 5.32 Å². The van der Waals surface area contributed by atoms with Gasteiger partial charge >= 0.3 is 0 Å². The molecule has 0 amide bonds. The van der Waals surface area contributed by atoms with Gasteiger partial charge in [0.2, 0.25) is 0 Å². The van der Waals surface area contributed by atoms with Crippen LogP contribution in [0.25, 0.3) is 0 Å². The molecule has 0 aromatic carbocycles. The molecule has 0 radical (unpaired) electrons. The van der Waals surface area contributed by atoms with Gasteiger partial charge in [-0.25, -0.2) is 0 Å². The number of rotatable bonds is 3. The smallest absolute Gasteiger partial charge is 0.164 e. The summed E-state index contributed by atoms with van der Waals surface area (Å²) in [5.74, 6) is 1.94. The monoisotopic (exact) mass is 305 g/mol. The highest BCUT2D eigenvalue weighted by Gasteiger charge is 2.20. The average molecular weight is 305 g/mol. The van der Waals surface area contributed by atoms with Crippen LogP contribution in [0.5, 0.6) is 0 Å². The second-order valence-corrected chi connectivity index (χ2v) is 5.27. The molecule has 78 valence electrons. The maximum Gasteiger partial charge on any atom is 0.164 e. The molecule has 1 saturated carbocycles. The molecule has 0 bridgehead atoms. The molecule has 1 aromatic rings. The van der Waals surface area contributed by atoms with E-state index in [1.807, 2.05) is 12.1 Å². The molecule has 2 unspecified atom stereocenters. The fourth-order valence-corrected chi connectivity index (χ4v) is 2.55. The first kappa shape index (κ1) is 10.5. The molecule has 14 heavy (non-hydrogen) atoms. The minimum Gasteiger partial charge on any atom is -0.454 e. The lowest BCUT2D eigenvalue weighted by Crippen LogP contribution is -2.25. The van der Waals surface area contributed by atoms with Crippen molar-refractivity contribution in [3.63, 3.8) is 0 Å². The summed E-state index contributed by atoms with van der Waals surface area (Å²) in [6.07, 6.45) is 4.00. The number of hydrogen-bond donors (Lipinski definition) is 1. The van der Waals surface area contributed by atoms with Crippen molar-refractivity contribution in [1.82, 2.24) is 5.32 Å². The SMILES string of the molecule is CC1CCC(NCc2ccc(I)o2)C1. The number of halogens is 1. The Hall–Kier alpha value is -0.0300. The lowest BCUT2D eigenvalue weighted by molar-refractivity contribution is 0.428. The maximum atomic E-state index is 5.49. The summed E-state index contributed by atoms with van der Waals surface area (Å²) in [7, 11) is 0. The molecule has 0 spiro atoms. The Morgan fingerprint density at radius 1 is 1.50 bits per heavy atom. The fourth-order valence-electron chi connectivity index (χ4n) is 2.08. The van der Waals surface area contributed by atoms with E-state index in [1.165, 1.54) is 19.3 Å². The quantitative estimate of drug-likeness (QED) is 0.868. The molecule has 3 heteroatoms. The Morgan fingerprint density at radius 2 is 2.36 bits per heavy atom. The third-order valence-corrected chi connectivity index (χ3v) is 3.47. The van der Waals surface area contributed by atoms with Crippen LogP contribution in [0, 0.1) is 9.68 Å². The van der Waals surface area contributed by atoms with Crippen LogP contribution in [0.1, 0.15) is 31.9 Å². The fraction of sp³-hybridized carbons (Fsp3) is 0.636. The molecule has 1 aliphatic rings. The van der Waals surface area contributed by atoms with Crippen molar-refractivity contribution in [3.05, 3.63) is 21.7 Å². The van der Waals surface area contributed by atoms with E-state index in [4.69, 9.17) is 4.42 Å². The topological polar surface area (TPSA) is 25.2 Å². The number of nitrogens with one attached hydrogen (secondary N) is 1. The van der Waals surface area contributed by atoms with Gasteiger partial charge in [-0.1, -0.05) is 6.92 Å². The van der Waals surface area contributed by atoms with Crippen molar-refractivity contribution in [3.8, 4) is 0 Å². The standard InChI is InChI=1S/C11H16INO/c1-8-2-3-9(6-8)13-7-10-4-5-11(12)14-10/h4-5,8-9,13H,2-3,6-7H2,1H3. The van der Waals surface area contributed by atoms with Gasteiger partial charge in [0.15, 0.2) is 3.77 Å². The van der Waals surface area contributed by atoms with Gasteiger partial charge in [0, 0.05) is 6.04 Å². The summed E-state index contributed by atoms with van der Waals surface area (Å²) < 4.78 is 6.47. The third-order valence-electron chi connectivity index (χ3n) is 2.89. The Bertz CT molecular complexity index is 297. The zero-order valence-electron chi connectivity index (χ0n) is 8.42. The van der Waals surface area contributed by atoms with Gasteiger partial charge < -0.3 is 9.73 Å². The van der Waals surface area contributed by atoms with Crippen LogP contribution >= 0.6 is 22.6 Å². The van der Waals surface area contributed by atoms with E-state index in [0.717, 1.165) is 22.0 Å². The van der Waals surface area contributed by atoms with Crippen molar-refractivity contribution in [1.29, 1.82) is 0 Å². The van der Waals surface area contributed by atoms with Crippen LogP contribution in [-0.2, 0) is 6.54 Å². The summed E-state index contributed by atoms with van der Waals surface area (Å²) in [6, 6.07) is 4.76. The van der Waals surface area contributed by atoms with Gasteiger partial charge in [-0.2, -0.15) is 0 Å². The molecule has 1 heterocycles. The Balaban J connectivity index is 1.77. The molecule has 1 aliphatic carbocycles. The highest BCUT2D eigenvalue weighted by atomic mass is 127. The molecule has 1 aromatic heterocycles. The Kier molecular flexibility index (Phi) is 3.49. The van der Waals surface area contributed by atoms with Gasteiger partial charge in [0.25, 0.3) is 0 Å². The molecular formula is C11H16INO. The van der Waals surface area contributed by atoms with E-state index in [1.54, 1.807) is 0 Å². The van der Waals surface area contributed by atoms with Gasteiger partial charge in [0.05, 0.1) is 6.54 Å². The van der Waals surface area contributed by atoms with E-state index in [0.29, 0.717) is 6.04 Å². The normalized spacial score (nSPS) is 27.0. The minimum absolute atomic E-state index is 0.702. The lowest BCUT2D eigenvalue weighted by atomic mass is 10.1. The van der Waals surface area contributed by atoms with Crippen molar-refractivity contribution < 1.29 is 4.42 Å². The van der Waals surface area contributed by atoms with Crippen molar-refractivity contribution in [2.75, 3.05) is 0 Å². The highest BCUT2D eigenvalue weighted by Crippen LogP contribution is 2.24. The van der Waals surface area contributed by atoms with Crippen LogP contribution in [-0.4, -0.2) is 6.04 Å². The van der Waals surface area contributed by atoms with E-state index >= 15 is 0 Å². The summed E-state index contributed by atoms with van der Waals surface area (Å²) in [5, 5.41) is 3.54. The molecule has 1 N–H and O–H groups in total. The Morgan fingerprint density at radius 3 is 2.93 bits per heavy atom. The molecule has 2 rings (SSSR count). The summed E-state index contributed by atoms with van der Waals surface area (Å²) >= 11 is 2.20. The van der Waals surface area contributed by atoms with Crippen LogP contribution in [0.15, 0.2) is 16.5 Å². The average Bonchev–Trinajstić information content (AvgIpc) is 2.72. The van der Waals surface area contributed by atoms with Crippen LogP contribution in [0.4, 0.5) is 0 Å². The summed E-state index contributed by atoms with van der Waals surface area (Å²) in [5.41, 5.74) is 0. The predicted octanol–water partition coefficient (Wildman–Crippen LogP) is 3.16. The minimum atomic E-state index is 0.702. The molecule has 2 atom stereocenters. The first-order chi connectivity index (χ1) is 6.74. The molecule has 0 aliphatic heterocycles. The zero-order valence-corrected chi connectivity index (χ0v) is 10.6. The van der Waals surface area contributed by atoms with E-state index in [2.05, 4.69) is 34.8 Å². The first-order valence-corrected chi connectivity index (χ1v) is 6.29. The van der Waals surface area contributed by atoms with E-state index in [9.17, 15) is 0 Å². The van der Waals surface area contributed by atoms with E-state index in [-0.39, 0.29) is 0 Å². The van der Waals surface area contributed by atoms with Crippen molar-refractivity contribution in [2.45, 2.75) is 38.8 Å². The number of hydrogen-bond acceptors (Lipinski definition) is 2. The molecular weight excluding hydrogens is 289 g/mol. The molecule has 0 saturated heterocycles. The Labute approximate surface area is 98.6 Å². The highest BCUT2D eigenvalue weighted by molar-refractivity contribution is 14.1. The van der Waals surface area contributed by atoms with Crippen LogP contribution in [0.2, 0.25) is 0 Å². The lowest BCUT2D eigenvalue weighted by Gasteiger charge is -2.10. The van der Waals surface area contributed by atoms with Gasteiger partial charge in [-0.05, 0) is 59.9 Å². The second-order valence-electron chi connectivity index (χ2n) is 4.20. The van der Waals surface area contributed by atoms with Gasteiger partial charge in [0.1, 0.15) is 5.76 Å². The van der Waals surface area contributed by atoms with Crippen molar-refractivity contribution >= 4 is 22.6 Å². The zero-order chi connectivity index (χ0) is 9.97. The van der Waals surface area contributed by atoms with Crippen molar-refractivity contribution in [2.24, 2.45) is 5.92 Å². The summed E-state index contributed by atoms with van der Waals surface area (Å²) in [6.45, 7) is 3.21. The largest absolute Gasteiger partial charge is 0.454 e. The van der Waals surface area contributed by atoms with Crippen LogP contribution in [0.3, 0.4) is 0 Å². The first-order valence-electron chi connectivity index (χ1n) is 5.21. The van der Waals surface area contributed by atoms with Gasteiger partial charge in [-0.3, -0.25) is 0 Å². The number of furan rings is 1. The molecule has 2 nitrogen and oxygen atoms in total. The molecule has 1 fully saturated rings. The maximum absolute atomic E-state index is 5.49. The predicted molar refractivity (Wildman–Crippen MR) is 65.1 cm³/mol. The third kappa shape index (κ3) is 2.73. The van der Waals surface area contributed by atoms with Gasteiger partial charge in [-0.15, -0.1) is 0 Å². The second kappa shape index (κ2) is 4.66. The summed E-state index contributed by atoms with van der Waals surface area (Å²) in [4.78, 5) is 0. The van der Waals surface area contributed by atoms with E-state index < -0.39 is 0 Å².